The zero-order chi connectivity index (χ0) is 16.3. The normalized spacial score (nSPS) is 29.7. The Morgan fingerprint density at radius 3 is 2.60 bits per heavy atom. The van der Waals surface area contributed by atoms with Crippen LogP contribution in [0.2, 0.25) is 0 Å². The molecule has 2 heterocycles. The minimum absolute atomic E-state index is 0. The van der Waals surface area contributed by atoms with Crippen LogP contribution in [0.4, 0.5) is 0 Å². The Morgan fingerprint density at radius 1 is 1.20 bits per heavy atom. The van der Waals surface area contributed by atoms with Crippen molar-refractivity contribution in [2.24, 2.45) is 11.3 Å². The van der Waals surface area contributed by atoms with E-state index in [1.54, 1.807) is 0 Å². The number of carbonyl (C=O) groups is 1. The Morgan fingerprint density at radius 2 is 1.92 bits per heavy atom. The van der Waals surface area contributed by atoms with Crippen molar-refractivity contribution in [1.82, 2.24) is 15.1 Å². The van der Waals surface area contributed by atoms with Crippen LogP contribution in [-0.2, 0) is 9.53 Å². The molecule has 3 aliphatic rings. The molecule has 2 atom stereocenters. The van der Waals surface area contributed by atoms with Gasteiger partial charge in [0.2, 0.25) is 5.91 Å². The lowest BCUT2D eigenvalue weighted by Gasteiger charge is -2.43. The van der Waals surface area contributed by atoms with E-state index in [0.29, 0.717) is 17.9 Å². The van der Waals surface area contributed by atoms with Gasteiger partial charge in [-0.1, -0.05) is 12.8 Å². The summed E-state index contributed by atoms with van der Waals surface area (Å²) in [7, 11) is 0. The quantitative estimate of drug-likeness (QED) is 0.774. The molecule has 0 aromatic carbocycles. The monoisotopic (exact) mass is 395 g/mol. The second kappa shape index (κ2) is 10.3. The molecule has 1 amide bonds. The molecule has 1 N–H and O–H groups in total. The Kier molecular flexibility index (Phi) is 9.47. The molecule has 3 rings (SSSR count). The Labute approximate surface area is 165 Å². The second-order valence-electron chi connectivity index (χ2n) is 7.78. The van der Waals surface area contributed by atoms with Crippen LogP contribution >= 0.6 is 24.8 Å². The molecule has 0 aromatic heterocycles. The molecular formula is C18H35Cl2N3O2. The van der Waals surface area contributed by atoms with Gasteiger partial charge in [-0.25, -0.2) is 0 Å². The summed E-state index contributed by atoms with van der Waals surface area (Å²) in [6, 6.07) is 0. The van der Waals surface area contributed by atoms with E-state index >= 15 is 0 Å². The molecule has 3 fully saturated rings. The van der Waals surface area contributed by atoms with Gasteiger partial charge < -0.3 is 15.0 Å². The Balaban J connectivity index is 0.00000156. The third-order valence-electron chi connectivity index (χ3n) is 5.98. The summed E-state index contributed by atoms with van der Waals surface area (Å²) in [5, 5.41) is 3.50. The van der Waals surface area contributed by atoms with Gasteiger partial charge in [0.05, 0.1) is 18.1 Å². The summed E-state index contributed by atoms with van der Waals surface area (Å²) in [6.45, 7) is 11.6. The lowest BCUT2D eigenvalue weighted by atomic mass is 9.67. The minimum atomic E-state index is -0.0822. The van der Waals surface area contributed by atoms with Crippen molar-refractivity contribution in [3.63, 3.8) is 0 Å². The van der Waals surface area contributed by atoms with E-state index in [0.717, 1.165) is 58.8 Å². The Hall–Kier alpha value is -0.0700. The van der Waals surface area contributed by atoms with E-state index in [1.807, 2.05) is 0 Å². The van der Waals surface area contributed by atoms with Gasteiger partial charge in [-0.15, -0.1) is 24.8 Å². The molecule has 0 bridgehead atoms. The number of amides is 1. The first-order chi connectivity index (χ1) is 11.1. The number of hydrogen-bond donors (Lipinski definition) is 1. The van der Waals surface area contributed by atoms with Gasteiger partial charge in [-0.3, -0.25) is 9.69 Å². The SMILES string of the molecule is CC(C)OCCN1CCN(C(=O)[C@@]23CCCC[C@H]2CNC3)CC1.Cl.Cl. The summed E-state index contributed by atoms with van der Waals surface area (Å²) in [4.78, 5) is 17.8. The fraction of sp³-hybridized carbons (Fsp3) is 0.944. The third-order valence-corrected chi connectivity index (χ3v) is 5.98. The molecule has 148 valence electrons. The third kappa shape index (κ3) is 5.23. The van der Waals surface area contributed by atoms with Crippen LogP contribution < -0.4 is 5.32 Å². The van der Waals surface area contributed by atoms with Gasteiger partial charge in [0.25, 0.3) is 0 Å². The van der Waals surface area contributed by atoms with Crippen molar-refractivity contribution in [2.75, 3.05) is 52.4 Å². The smallest absolute Gasteiger partial charge is 0.230 e. The first kappa shape index (κ1) is 23.0. The predicted molar refractivity (Wildman–Crippen MR) is 106 cm³/mol. The number of nitrogens with one attached hydrogen (secondary N) is 1. The zero-order valence-corrected chi connectivity index (χ0v) is 17.3. The topological polar surface area (TPSA) is 44.8 Å². The number of carbonyl (C=O) groups excluding carboxylic acids is 1. The highest BCUT2D eigenvalue weighted by molar-refractivity contribution is 5.85. The van der Waals surface area contributed by atoms with Crippen LogP contribution in [0.15, 0.2) is 0 Å². The fourth-order valence-corrected chi connectivity index (χ4v) is 4.58. The van der Waals surface area contributed by atoms with Crippen LogP contribution in [0, 0.1) is 11.3 Å². The summed E-state index contributed by atoms with van der Waals surface area (Å²) in [5.41, 5.74) is -0.0822. The van der Waals surface area contributed by atoms with Gasteiger partial charge in [-0.2, -0.15) is 0 Å². The molecule has 7 heteroatoms. The van der Waals surface area contributed by atoms with E-state index < -0.39 is 0 Å². The zero-order valence-electron chi connectivity index (χ0n) is 15.7. The lowest BCUT2D eigenvalue weighted by Crippen LogP contribution is -2.56. The van der Waals surface area contributed by atoms with Crippen LogP contribution in [0.3, 0.4) is 0 Å². The first-order valence-electron chi connectivity index (χ1n) is 9.46. The van der Waals surface area contributed by atoms with Crippen molar-refractivity contribution in [1.29, 1.82) is 0 Å². The van der Waals surface area contributed by atoms with Crippen molar-refractivity contribution in [2.45, 2.75) is 45.6 Å². The summed E-state index contributed by atoms with van der Waals surface area (Å²) in [5.74, 6) is 1.01. The van der Waals surface area contributed by atoms with Gasteiger partial charge in [0.1, 0.15) is 0 Å². The average molecular weight is 396 g/mol. The molecule has 25 heavy (non-hydrogen) atoms. The molecule has 1 aliphatic carbocycles. The molecule has 1 saturated carbocycles. The van der Waals surface area contributed by atoms with Crippen molar-refractivity contribution >= 4 is 30.7 Å². The number of fused-ring (bicyclic) bond motifs is 1. The van der Waals surface area contributed by atoms with E-state index in [4.69, 9.17) is 4.74 Å². The molecule has 0 aromatic rings. The Bertz CT molecular complexity index is 417. The van der Waals surface area contributed by atoms with Gasteiger partial charge in [0, 0.05) is 39.3 Å². The largest absolute Gasteiger partial charge is 0.377 e. The fourth-order valence-electron chi connectivity index (χ4n) is 4.58. The highest BCUT2D eigenvalue weighted by Crippen LogP contribution is 2.45. The van der Waals surface area contributed by atoms with Crippen LogP contribution in [0.1, 0.15) is 39.5 Å². The van der Waals surface area contributed by atoms with E-state index in [9.17, 15) is 4.79 Å². The number of nitrogens with zero attached hydrogens (tertiary/aromatic N) is 2. The van der Waals surface area contributed by atoms with Crippen LogP contribution in [-0.4, -0.2) is 74.2 Å². The standard InChI is InChI=1S/C18H33N3O2.2ClH/c1-15(2)23-12-11-20-7-9-21(10-8-20)17(22)18-6-4-3-5-16(18)13-19-14-18;;/h15-16,19H,3-14H2,1-2H3;2*1H/t16-,18+;;/m0../s1. The summed E-state index contributed by atoms with van der Waals surface area (Å²) in [6.07, 6.45) is 5.13. The van der Waals surface area contributed by atoms with Gasteiger partial charge in [-0.05, 0) is 39.2 Å². The van der Waals surface area contributed by atoms with Gasteiger partial charge >= 0.3 is 0 Å². The number of hydrogen-bond acceptors (Lipinski definition) is 4. The number of halogens is 2. The van der Waals surface area contributed by atoms with E-state index in [1.165, 1.54) is 19.3 Å². The molecule has 2 aliphatic heterocycles. The summed E-state index contributed by atoms with van der Waals surface area (Å²) < 4.78 is 5.64. The second-order valence-corrected chi connectivity index (χ2v) is 7.78. The highest BCUT2D eigenvalue weighted by atomic mass is 35.5. The van der Waals surface area contributed by atoms with Crippen LogP contribution in [0.5, 0.6) is 0 Å². The average Bonchev–Trinajstić information content (AvgIpc) is 2.99. The van der Waals surface area contributed by atoms with Crippen molar-refractivity contribution in [3.05, 3.63) is 0 Å². The highest BCUT2D eigenvalue weighted by Gasteiger charge is 2.51. The number of ether oxygens (including phenoxy) is 1. The maximum Gasteiger partial charge on any atom is 0.230 e. The molecule has 0 radical (unpaired) electrons. The van der Waals surface area contributed by atoms with Crippen molar-refractivity contribution < 1.29 is 9.53 Å². The first-order valence-corrected chi connectivity index (χ1v) is 9.46. The molecule has 0 unspecified atom stereocenters. The predicted octanol–water partition coefficient (Wildman–Crippen LogP) is 2.18. The van der Waals surface area contributed by atoms with E-state index in [-0.39, 0.29) is 30.2 Å². The molecular weight excluding hydrogens is 361 g/mol. The lowest BCUT2D eigenvalue weighted by molar-refractivity contribution is -0.147. The van der Waals surface area contributed by atoms with Crippen LogP contribution in [0.25, 0.3) is 0 Å². The van der Waals surface area contributed by atoms with Crippen molar-refractivity contribution in [3.8, 4) is 0 Å². The molecule has 5 nitrogen and oxygen atoms in total. The number of rotatable bonds is 5. The minimum Gasteiger partial charge on any atom is -0.377 e. The molecule has 2 saturated heterocycles. The molecule has 0 spiro atoms. The number of piperazine rings is 1. The summed E-state index contributed by atoms with van der Waals surface area (Å²) >= 11 is 0. The van der Waals surface area contributed by atoms with E-state index in [2.05, 4.69) is 29.0 Å². The van der Waals surface area contributed by atoms with Gasteiger partial charge in [0.15, 0.2) is 0 Å². The maximum absolute atomic E-state index is 13.2. The maximum atomic E-state index is 13.2.